The molecular formula is C20H24N6OS. The van der Waals surface area contributed by atoms with Crippen LogP contribution in [0, 0.1) is 6.92 Å². The summed E-state index contributed by atoms with van der Waals surface area (Å²) in [5, 5.41) is 8.14. The molecule has 146 valence electrons. The largest absolute Gasteiger partial charge is 0.384 e. The molecule has 28 heavy (non-hydrogen) atoms. The fourth-order valence-electron chi connectivity index (χ4n) is 2.54. The quantitative estimate of drug-likeness (QED) is 0.505. The van der Waals surface area contributed by atoms with Gasteiger partial charge in [0.1, 0.15) is 11.6 Å². The van der Waals surface area contributed by atoms with Crippen molar-refractivity contribution < 1.29 is 4.79 Å². The van der Waals surface area contributed by atoms with Crippen molar-refractivity contribution in [1.29, 1.82) is 0 Å². The van der Waals surface area contributed by atoms with Gasteiger partial charge in [-0.2, -0.15) is 5.10 Å². The first-order chi connectivity index (χ1) is 13.2. The molecule has 0 aliphatic heterocycles. The molecular weight excluding hydrogens is 372 g/mol. The van der Waals surface area contributed by atoms with Crippen molar-refractivity contribution in [2.45, 2.75) is 38.3 Å². The highest BCUT2D eigenvalue weighted by molar-refractivity contribution is 7.99. The normalized spacial score (nSPS) is 11.4. The van der Waals surface area contributed by atoms with Gasteiger partial charge in [-0.3, -0.25) is 4.79 Å². The number of hydrogen-bond donors (Lipinski definition) is 2. The Kier molecular flexibility index (Phi) is 5.69. The standard InChI is InChI=1S/C20H24N6OS/c1-13-10-16(21)23-19(22-13)28-12-18(27)24-17-11-15(20(2,3)4)25-26(17)14-8-6-5-7-9-14/h5-11H,12H2,1-4H3,(H,24,27)(H2,21,22,23). The second kappa shape index (κ2) is 8.02. The van der Waals surface area contributed by atoms with Crippen molar-refractivity contribution in [3.05, 3.63) is 53.9 Å². The molecule has 0 unspecified atom stereocenters. The first kappa shape index (κ1) is 19.9. The van der Waals surface area contributed by atoms with Crippen LogP contribution in [0.1, 0.15) is 32.2 Å². The molecule has 0 fully saturated rings. The van der Waals surface area contributed by atoms with Crippen LogP contribution in [-0.2, 0) is 10.2 Å². The Bertz CT molecular complexity index is 958. The fraction of sp³-hybridized carbons (Fsp3) is 0.300. The summed E-state index contributed by atoms with van der Waals surface area (Å²) in [7, 11) is 0. The summed E-state index contributed by atoms with van der Waals surface area (Å²) in [5.41, 5.74) is 8.16. The van der Waals surface area contributed by atoms with Crippen molar-refractivity contribution in [2.75, 3.05) is 16.8 Å². The maximum Gasteiger partial charge on any atom is 0.236 e. The monoisotopic (exact) mass is 396 g/mol. The Morgan fingerprint density at radius 3 is 2.54 bits per heavy atom. The number of aromatic nitrogens is 4. The van der Waals surface area contributed by atoms with Gasteiger partial charge in [-0.05, 0) is 19.1 Å². The highest BCUT2D eigenvalue weighted by atomic mass is 32.2. The number of carbonyl (C=O) groups excluding carboxylic acids is 1. The molecule has 3 rings (SSSR count). The minimum Gasteiger partial charge on any atom is -0.384 e. The van der Waals surface area contributed by atoms with Crippen LogP contribution >= 0.6 is 11.8 Å². The number of carbonyl (C=O) groups is 1. The average molecular weight is 397 g/mol. The first-order valence-electron chi connectivity index (χ1n) is 8.92. The van der Waals surface area contributed by atoms with E-state index in [-0.39, 0.29) is 17.1 Å². The van der Waals surface area contributed by atoms with Gasteiger partial charge in [-0.15, -0.1) is 0 Å². The predicted octanol–water partition coefficient (Wildman–Crippen LogP) is 3.58. The summed E-state index contributed by atoms with van der Waals surface area (Å²) in [6.07, 6.45) is 0. The van der Waals surface area contributed by atoms with Crippen LogP contribution in [0.25, 0.3) is 5.69 Å². The van der Waals surface area contributed by atoms with E-state index in [1.165, 1.54) is 11.8 Å². The van der Waals surface area contributed by atoms with E-state index in [0.29, 0.717) is 16.8 Å². The minimum absolute atomic E-state index is 0.138. The molecule has 3 N–H and O–H groups in total. The number of para-hydroxylation sites is 1. The maximum atomic E-state index is 12.5. The summed E-state index contributed by atoms with van der Waals surface area (Å²) >= 11 is 1.25. The molecule has 0 atom stereocenters. The predicted molar refractivity (Wildman–Crippen MR) is 113 cm³/mol. The number of benzene rings is 1. The average Bonchev–Trinajstić information content (AvgIpc) is 3.04. The molecule has 0 radical (unpaired) electrons. The Morgan fingerprint density at radius 2 is 1.89 bits per heavy atom. The minimum atomic E-state index is -0.161. The molecule has 7 nitrogen and oxygen atoms in total. The lowest BCUT2D eigenvalue weighted by atomic mass is 9.92. The molecule has 8 heteroatoms. The molecule has 1 amide bonds. The van der Waals surface area contributed by atoms with Crippen molar-refractivity contribution in [3.63, 3.8) is 0 Å². The molecule has 0 spiro atoms. The van der Waals surface area contributed by atoms with Crippen LogP contribution < -0.4 is 11.1 Å². The van der Waals surface area contributed by atoms with Gasteiger partial charge in [-0.25, -0.2) is 14.6 Å². The van der Waals surface area contributed by atoms with Crippen molar-refractivity contribution in [2.24, 2.45) is 0 Å². The van der Waals surface area contributed by atoms with Crippen LogP contribution in [0.2, 0.25) is 0 Å². The summed E-state index contributed by atoms with van der Waals surface area (Å²) in [4.78, 5) is 21.0. The van der Waals surface area contributed by atoms with Gasteiger partial charge in [0.15, 0.2) is 5.16 Å². The molecule has 0 bridgehead atoms. The number of nitrogens with one attached hydrogen (secondary N) is 1. The first-order valence-corrected chi connectivity index (χ1v) is 9.91. The number of thioether (sulfide) groups is 1. The van der Waals surface area contributed by atoms with E-state index in [1.807, 2.05) is 43.3 Å². The number of aryl methyl sites for hydroxylation is 1. The number of nitrogen functional groups attached to an aromatic ring is 1. The zero-order valence-electron chi connectivity index (χ0n) is 16.4. The lowest BCUT2D eigenvalue weighted by Crippen LogP contribution is -2.17. The van der Waals surface area contributed by atoms with Crippen LogP contribution in [0.5, 0.6) is 0 Å². The molecule has 0 aliphatic rings. The van der Waals surface area contributed by atoms with Gasteiger partial charge < -0.3 is 11.1 Å². The van der Waals surface area contributed by atoms with Gasteiger partial charge in [0.25, 0.3) is 0 Å². The zero-order chi connectivity index (χ0) is 20.3. The number of hydrogen-bond acceptors (Lipinski definition) is 6. The van der Waals surface area contributed by atoms with Crippen molar-refractivity contribution in [3.8, 4) is 5.69 Å². The number of nitrogens with two attached hydrogens (primary N) is 1. The van der Waals surface area contributed by atoms with Crippen molar-refractivity contribution >= 4 is 29.3 Å². The summed E-state index contributed by atoms with van der Waals surface area (Å²) in [6.45, 7) is 8.11. The van der Waals surface area contributed by atoms with E-state index >= 15 is 0 Å². The SMILES string of the molecule is Cc1cc(N)nc(SCC(=O)Nc2cc(C(C)(C)C)nn2-c2ccccc2)n1. The Labute approximate surface area is 168 Å². The van der Waals surface area contributed by atoms with Crippen LogP contribution in [-0.4, -0.2) is 31.4 Å². The highest BCUT2D eigenvalue weighted by Gasteiger charge is 2.21. The summed E-state index contributed by atoms with van der Waals surface area (Å²) < 4.78 is 1.75. The second-order valence-electron chi connectivity index (χ2n) is 7.47. The number of anilines is 2. The van der Waals surface area contributed by atoms with Gasteiger partial charge in [-0.1, -0.05) is 50.7 Å². The van der Waals surface area contributed by atoms with E-state index in [4.69, 9.17) is 10.8 Å². The third-order valence-electron chi connectivity index (χ3n) is 3.93. The third-order valence-corrected chi connectivity index (χ3v) is 4.78. The molecule has 2 aromatic heterocycles. The van der Waals surface area contributed by atoms with Crippen LogP contribution in [0.3, 0.4) is 0 Å². The number of rotatable bonds is 5. The van der Waals surface area contributed by atoms with Gasteiger partial charge in [0.2, 0.25) is 5.91 Å². The Balaban J connectivity index is 1.78. The summed E-state index contributed by atoms with van der Waals surface area (Å²) in [6, 6.07) is 13.3. The smallest absolute Gasteiger partial charge is 0.236 e. The van der Waals surface area contributed by atoms with E-state index in [9.17, 15) is 4.79 Å². The molecule has 3 aromatic rings. The molecule has 0 saturated heterocycles. The third kappa shape index (κ3) is 4.89. The van der Waals surface area contributed by atoms with E-state index in [1.54, 1.807) is 10.7 Å². The highest BCUT2D eigenvalue weighted by Crippen LogP contribution is 2.26. The topological polar surface area (TPSA) is 98.7 Å². The zero-order valence-corrected chi connectivity index (χ0v) is 17.2. The molecule has 0 aliphatic carbocycles. The summed E-state index contributed by atoms with van der Waals surface area (Å²) in [5.74, 6) is 1.04. The van der Waals surface area contributed by atoms with E-state index in [0.717, 1.165) is 17.1 Å². The van der Waals surface area contributed by atoms with Crippen LogP contribution in [0.15, 0.2) is 47.6 Å². The van der Waals surface area contributed by atoms with E-state index < -0.39 is 0 Å². The maximum absolute atomic E-state index is 12.5. The van der Waals surface area contributed by atoms with Crippen LogP contribution in [0.4, 0.5) is 11.6 Å². The Morgan fingerprint density at radius 1 is 1.18 bits per heavy atom. The number of nitrogens with zero attached hydrogens (tertiary/aromatic N) is 4. The molecule has 2 heterocycles. The lowest BCUT2D eigenvalue weighted by Gasteiger charge is -2.14. The number of amides is 1. The van der Waals surface area contributed by atoms with Gasteiger partial charge in [0.05, 0.1) is 17.1 Å². The van der Waals surface area contributed by atoms with E-state index in [2.05, 4.69) is 36.1 Å². The lowest BCUT2D eigenvalue weighted by molar-refractivity contribution is -0.113. The van der Waals surface area contributed by atoms with Gasteiger partial charge >= 0.3 is 0 Å². The second-order valence-corrected chi connectivity index (χ2v) is 8.41. The fourth-order valence-corrected chi connectivity index (χ4v) is 3.25. The van der Waals surface area contributed by atoms with Gasteiger partial charge in [0, 0.05) is 23.2 Å². The molecule has 0 saturated carbocycles. The Hall–Kier alpha value is -2.87. The van der Waals surface area contributed by atoms with Crippen molar-refractivity contribution in [1.82, 2.24) is 19.7 Å². The molecule has 1 aromatic carbocycles.